The van der Waals surface area contributed by atoms with Gasteiger partial charge in [-0.2, -0.15) is 0 Å². The molecule has 0 aromatic rings. The predicted octanol–water partition coefficient (Wildman–Crippen LogP) is 12.9. The Balaban J connectivity index is 3.54. The SMILES string of the molecule is CCCCCCCCC=CCCCCCCCC(=O)OC(C)COCC(C)OC(=O)CCCCCCCC=CCCCCCCCC. The standard InChI is InChI=1S/C42H78O5/c1-5-7-9-11-13-15-17-19-21-23-25-27-29-31-33-35-41(43)46-39(3)37-45-38-40(4)47-42(44)36-34-32-30-28-26-24-22-20-18-16-14-12-10-8-6-2/h19-22,39-40H,5-18,23-38H2,1-4H3. The number of ether oxygens (including phenoxy) is 3. The van der Waals surface area contributed by atoms with Crippen LogP contribution < -0.4 is 0 Å². The number of hydrogen-bond acceptors (Lipinski definition) is 5. The number of carbonyl (C=O) groups excluding carboxylic acids is 2. The molecule has 0 aromatic carbocycles. The summed E-state index contributed by atoms with van der Waals surface area (Å²) in [4.78, 5) is 24.3. The normalized spacial score (nSPS) is 13.0. The molecule has 0 spiro atoms. The van der Waals surface area contributed by atoms with E-state index < -0.39 is 0 Å². The summed E-state index contributed by atoms with van der Waals surface area (Å²) < 4.78 is 16.6. The molecule has 5 heteroatoms. The van der Waals surface area contributed by atoms with E-state index in [1.54, 1.807) is 0 Å². The lowest BCUT2D eigenvalue weighted by molar-refractivity contribution is -0.154. The molecule has 0 aliphatic heterocycles. The van der Waals surface area contributed by atoms with Crippen molar-refractivity contribution in [2.75, 3.05) is 13.2 Å². The van der Waals surface area contributed by atoms with E-state index in [0.29, 0.717) is 26.1 Å². The zero-order valence-electron chi connectivity index (χ0n) is 31.7. The van der Waals surface area contributed by atoms with Crippen molar-refractivity contribution in [2.24, 2.45) is 0 Å². The second-order valence-electron chi connectivity index (χ2n) is 13.8. The van der Waals surface area contributed by atoms with E-state index >= 15 is 0 Å². The number of carbonyl (C=O) groups is 2. The molecule has 0 aliphatic carbocycles. The van der Waals surface area contributed by atoms with Crippen LogP contribution in [0, 0.1) is 0 Å². The second-order valence-corrected chi connectivity index (χ2v) is 13.8. The Bertz CT molecular complexity index is 671. The minimum atomic E-state index is -0.302. The first-order chi connectivity index (χ1) is 23.0. The Kier molecular flexibility index (Phi) is 35.9. The molecule has 2 unspecified atom stereocenters. The van der Waals surface area contributed by atoms with Crippen LogP contribution in [0.2, 0.25) is 0 Å². The summed E-state index contributed by atoms with van der Waals surface area (Å²) in [6, 6.07) is 0. The number of esters is 2. The van der Waals surface area contributed by atoms with Crippen molar-refractivity contribution < 1.29 is 23.8 Å². The van der Waals surface area contributed by atoms with Crippen LogP contribution in [0.15, 0.2) is 24.3 Å². The fourth-order valence-electron chi connectivity index (χ4n) is 5.71. The molecule has 0 saturated heterocycles. The van der Waals surface area contributed by atoms with Crippen LogP contribution in [0.3, 0.4) is 0 Å². The summed E-state index contributed by atoms with van der Waals surface area (Å²) >= 11 is 0. The summed E-state index contributed by atoms with van der Waals surface area (Å²) in [5.74, 6) is -0.309. The largest absolute Gasteiger partial charge is 0.460 e. The first-order valence-electron chi connectivity index (χ1n) is 20.3. The highest BCUT2D eigenvalue weighted by atomic mass is 16.6. The van der Waals surface area contributed by atoms with Gasteiger partial charge in [-0.25, -0.2) is 0 Å². The third kappa shape index (κ3) is 37.1. The van der Waals surface area contributed by atoms with Gasteiger partial charge in [0.05, 0.1) is 13.2 Å². The molecule has 276 valence electrons. The first kappa shape index (κ1) is 45.4. The van der Waals surface area contributed by atoms with Crippen molar-refractivity contribution >= 4 is 11.9 Å². The Labute approximate surface area is 292 Å². The van der Waals surface area contributed by atoms with Gasteiger partial charge in [0.25, 0.3) is 0 Å². The fraction of sp³-hybridized carbons (Fsp3) is 0.857. The highest BCUT2D eigenvalue weighted by Gasteiger charge is 2.13. The van der Waals surface area contributed by atoms with E-state index in [0.717, 1.165) is 25.7 Å². The average Bonchev–Trinajstić information content (AvgIpc) is 3.04. The zero-order valence-corrected chi connectivity index (χ0v) is 31.7. The molecule has 0 amide bonds. The minimum Gasteiger partial charge on any atom is -0.460 e. The molecule has 0 aromatic heterocycles. The lowest BCUT2D eigenvalue weighted by Gasteiger charge is -2.17. The van der Waals surface area contributed by atoms with Crippen LogP contribution in [-0.2, 0) is 23.8 Å². The van der Waals surface area contributed by atoms with E-state index in [2.05, 4.69) is 38.2 Å². The molecule has 0 N–H and O–H groups in total. The minimum absolute atomic E-state index is 0.154. The molecule has 5 nitrogen and oxygen atoms in total. The van der Waals surface area contributed by atoms with Crippen LogP contribution in [0.25, 0.3) is 0 Å². The summed E-state index contributed by atoms with van der Waals surface area (Å²) in [5.41, 5.74) is 0. The quantitative estimate of drug-likeness (QED) is 0.0379. The lowest BCUT2D eigenvalue weighted by Crippen LogP contribution is -2.25. The van der Waals surface area contributed by atoms with Gasteiger partial charge in [0, 0.05) is 12.8 Å². The molecule has 0 aliphatic rings. The Morgan fingerprint density at radius 3 is 1.02 bits per heavy atom. The fourth-order valence-corrected chi connectivity index (χ4v) is 5.71. The van der Waals surface area contributed by atoms with Gasteiger partial charge in [-0.05, 0) is 78.1 Å². The van der Waals surface area contributed by atoms with Crippen molar-refractivity contribution in [3.8, 4) is 0 Å². The maximum Gasteiger partial charge on any atom is 0.306 e. The summed E-state index contributed by atoms with van der Waals surface area (Å²) in [6.07, 6.45) is 42.0. The Hall–Kier alpha value is -1.62. The average molecular weight is 663 g/mol. The third-order valence-electron chi connectivity index (χ3n) is 8.66. The molecular weight excluding hydrogens is 584 g/mol. The monoisotopic (exact) mass is 663 g/mol. The lowest BCUT2D eigenvalue weighted by atomic mass is 10.1. The van der Waals surface area contributed by atoms with E-state index in [-0.39, 0.29) is 24.1 Å². The van der Waals surface area contributed by atoms with Gasteiger partial charge in [0.1, 0.15) is 12.2 Å². The van der Waals surface area contributed by atoms with Crippen molar-refractivity contribution in [3.05, 3.63) is 24.3 Å². The van der Waals surface area contributed by atoms with Crippen LogP contribution in [0.4, 0.5) is 0 Å². The van der Waals surface area contributed by atoms with Gasteiger partial charge in [-0.15, -0.1) is 0 Å². The van der Waals surface area contributed by atoms with Gasteiger partial charge >= 0.3 is 11.9 Å². The molecule has 0 radical (unpaired) electrons. The van der Waals surface area contributed by atoms with Crippen molar-refractivity contribution in [3.63, 3.8) is 0 Å². The Morgan fingerprint density at radius 1 is 0.426 bits per heavy atom. The van der Waals surface area contributed by atoms with Gasteiger partial charge in [-0.1, -0.05) is 141 Å². The molecule has 0 heterocycles. The maximum absolute atomic E-state index is 12.2. The molecule has 47 heavy (non-hydrogen) atoms. The summed E-state index contributed by atoms with van der Waals surface area (Å²) in [6.45, 7) is 8.85. The van der Waals surface area contributed by atoms with E-state index in [1.165, 1.54) is 141 Å². The van der Waals surface area contributed by atoms with E-state index in [4.69, 9.17) is 14.2 Å². The smallest absolute Gasteiger partial charge is 0.306 e. The highest BCUT2D eigenvalue weighted by Crippen LogP contribution is 2.13. The summed E-state index contributed by atoms with van der Waals surface area (Å²) in [5, 5.41) is 0. The molecular formula is C42H78O5. The van der Waals surface area contributed by atoms with Gasteiger partial charge in [0.2, 0.25) is 0 Å². The van der Waals surface area contributed by atoms with Gasteiger partial charge in [-0.3, -0.25) is 9.59 Å². The topological polar surface area (TPSA) is 61.8 Å². The zero-order chi connectivity index (χ0) is 34.5. The molecule has 0 saturated carbocycles. The number of rotatable bonds is 36. The van der Waals surface area contributed by atoms with Crippen molar-refractivity contribution in [1.29, 1.82) is 0 Å². The van der Waals surface area contributed by atoms with Crippen molar-refractivity contribution in [1.82, 2.24) is 0 Å². The van der Waals surface area contributed by atoms with Gasteiger partial charge < -0.3 is 14.2 Å². The number of allylic oxidation sites excluding steroid dienone is 4. The first-order valence-corrected chi connectivity index (χ1v) is 20.3. The number of unbranched alkanes of at least 4 members (excludes halogenated alkanes) is 22. The Morgan fingerprint density at radius 2 is 0.702 bits per heavy atom. The molecule has 0 bridgehead atoms. The van der Waals surface area contributed by atoms with Crippen LogP contribution in [0.5, 0.6) is 0 Å². The number of hydrogen-bond donors (Lipinski definition) is 0. The predicted molar refractivity (Wildman–Crippen MR) is 201 cm³/mol. The highest BCUT2D eigenvalue weighted by molar-refractivity contribution is 5.69. The molecule has 0 fully saturated rings. The van der Waals surface area contributed by atoms with Crippen LogP contribution >= 0.6 is 0 Å². The van der Waals surface area contributed by atoms with Crippen molar-refractivity contribution in [2.45, 2.75) is 220 Å². The third-order valence-corrected chi connectivity index (χ3v) is 8.66. The van der Waals surface area contributed by atoms with Crippen LogP contribution in [0.1, 0.15) is 207 Å². The maximum atomic E-state index is 12.2. The van der Waals surface area contributed by atoms with Gasteiger partial charge in [0.15, 0.2) is 0 Å². The second kappa shape index (κ2) is 37.2. The van der Waals surface area contributed by atoms with Crippen LogP contribution in [-0.4, -0.2) is 37.4 Å². The molecule has 2 atom stereocenters. The van der Waals surface area contributed by atoms with E-state index in [1.807, 2.05) is 13.8 Å². The summed E-state index contributed by atoms with van der Waals surface area (Å²) in [7, 11) is 0. The van der Waals surface area contributed by atoms with E-state index in [9.17, 15) is 9.59 Å². The molecule has 0 rings (SSSR count).